The zero-order valence-corrected chi connectivity index (χ0v) is 15.2. The highest BCUT2D eigenvalue weighted by molar-refractivity contribution is 5.85. The standard InChI is InChI=1S/C18H28N2O2.ClH/c1-14-8-9-17(12-15(14)2)22-11-5-7-18(21)20-10-4-6-16(13-20)19-3;/h8-9,12,16,19H,4-7,10-11,13H2,1-3H3;1H. The molecule has 0 aromatic heterocycles. The molecule has 0 bridgehead atoms. The monoisotopic (exact) mass is 340 g/mol. The molecule has 130 valence electrons. The summed E-state index contributed by atoms with van der Waals surface area (Å²) in [6, 6.07) is 6.57. The molecule has 0 aliphatic carbocycles. The summed E-state index contributed by atoms with van der Waals surface area (Å²) in [5, 5.41) is 3.27. The first kappa shape index (κ1) is 19.8. The summed E-state index contributed by atoms with van der Waals surface area (Å²) in [4.78, 5) is 14.2. The molecule has 0 spiro atoms. The number of likely N-dealkylation sites (N-methyl/N-ethyl adjacent to an activating group) is 1. The molecule has 1 fully saturated rings. The van der Waals surface area contributed by atoms with Gasteiger partial charge < -0.3 is 15.0 Å². The number of halogens is 1. The fourth-order valence-corrected chi connectivity index (χ4v) is 2.81. The molecule has 1 aromatic rings. The van der Waals surface area contributed by atoms with Gasteiger partial charge in [-0.05, 0) is 63.4 Å². The van der Waals surface area contributed by atoms with Crippen molar-refractivity contribution in [2.24, 2.45) is 0 Å². The van der Waals surface area contributed by atoms with Gasteiger partial charge in [-0.2, -0.15) is 0 Å². The van der Waals surface area contributed by atoms with Crippen molar-refractivity contribution in [2.45, 2.75) is 45.6 Å². The Labute approximate surface area is 146 Å². The number of piperidine rings is 1. The minimum atomic E-state index is 0. The smallest absolute Gasteiger partial charge is 0.222 e. The van der Waals surface area contributed by atoms with Gasteiger partial charge in [-0.3, -0.25) is 4.79 Å². The van der Waals surface area contributed by atoms with Gasteiger partial charge in [0.05, 0.1) is 6.61 Å². The Morgan fingerprint density at radius 2 is 2.13 bits per heavy atom. The fraction of sp³-hybridized carbons (Fsp3) is 0.611. The Balaban J connectivity index is 0.00000264. The van der Waals surface area contributed by atoms with Crippen molar-refractivity contribution < 1.29 is 9.53 Å². The molecule has 1 aliphatic heterocycles. The Hall–Kier alpha value is -1.26. The summed E-state index contributed by atoms with van der Waals surface area (Å²) in [5.41, 5.74) is 2.51. The summed E-state index contributed by atoms with van der Waals surface area (Å²) in [5.74, 6) is 1.15. The molecule has 1 N–H and O–H groups in total. The van der Waals surface area contributed by atoms with E-state index >= 15 is 0 Å². The van der Waals surface area contributed by atoms with E-state index in [0.717, 1.165) is 38.1 Å². The number of amides is 1. The van der Waals surface area contributed by atoms with E-state index in [4.69, 9.17) is 4.74 Å². The fourth-order valence-electron chi connectivity index (χ4n) is 2.81. The molecule has 1 unspecified atom stereocenters. The summed E-state index contributed by atoms with van der Waals surface area (Å²) in [6.45, 7) is 6.51. The topological polar surface area (TPSA) is 41.6 Å². The van der Waals surface area contributed by atoms with Crippen molar-refractivity contribution in [1.82, 2.24) is 10.2 Å². The van der Waals surface area contributed by atoms with Crippen LogP contribution in [0.4, 0.5) is 0 Å². The molecule has 1 aliphatic rings. The van der Waals surface area contributed by atoms with E-state index in [2.05, 4.69) is 31.3 Å². The number of rotatable bonds is 6. The summed E-state index contributed by atoms with van der Waals surface area (Å²) >= 11 is 0. The Morgan fingerprint density at radius 3 is 2.83 bits per heavy atom. The highest BCUT2D eigenvalue weighted by Crippen LogP contribution is 2.17. The van der Waals surface area contributed by atoms with E-state index in [0.29, 0.717) is 19.1 Å². The first-order chi connectivity index (χ1) is 10.6. The maximum Gasteiger partial charge on any atom is 0.222 e. The SMILES string of the molecule is CNC1CCCN(C(=O)CCCOc2ccc(C)c(C)c2)C1.Cl. The third-order valence-corrected chi connectivity index (χ3v) is 4.46. The predicted octanol–water partition coefficient (Wildman–Crippen LogP) is 3.09. The third-order valence-electron chi connectivity index (χ3n) is 4.46. The van der Waals surface area contributed by atoms with Gasteiger partial charge in [-0.1, -0.05) is 6.07 Å². The lowest BCUT2D eigenvalue weighted by molar-refractivity contribution is -0.132. The molecular weight excluding hydrogens is 312 g/mol. The van der Waals surface area contributed by atoms with Gasteiger partial charge in [0.1, 0.15) is 5.75 Å². The average Bonchev–Trinajstić information content (AvgIpc) is 2.54. The zero-order chi connectivity index (χ0) is 15.9. The number of carbonyl (C=O) groups excluding carboxylic acids is 1. The molecule has 1 heterocycles. The lowest BCUT2D eigenvalue weighted by atomic mass is 10.1. The van der Waals surface area contributed by atoms with E-state index in [1.165, 1.54) is 11.1 Å². The lowest BCUT2D eigenvalue weighted by Gasteiger charge is -2.32. The van der Waals surface area contributed by atoms with Crippen LogP contribution in [-0.4, -0.2) is 43.6 Å². The van der Waals surface area contributed by atoms with Gasteiger partial charge in [0, 0.05) is 25.6 Å². The van der Waals surface area contributed by atoms with E-state index in [1.54, 1.807) is 0 Å². The van der Waals surface area contributed by atoms with Gasteiger partial charge in [0.2, 0.25) is 5.91 Å². The highest BCUT2D eigenvalue weighted by Gasteiger charge is 2.21. The van der Waals surface area contributed by atoms with Crippen LogP contribution in [0.25, 0.3) is 0 Å². The van der Waals surface area contributed by atoms with Crippen molar-refractivity contribution in [3.05, 3.63) is 29.3 Å². The zero-order valence-electron chi connectivity index (χ0n) is 14.4. The summed E-state index contributed by atoms with van der Waals surface area (Å²) in [7, 11) is 1.97. The van der Waals surface area contributed by atoms with E-state index in [1.807, 2.05) is 18.0 Å². The second-order valence-corrected chi connectivity index (χ2v) is 6.17. The molecule has 2 rings (SSSR count). The van der Waals surface area contributed by atoms with Crippen LogP contribution < -0.4 is 10.1 Å². The number of nitrogens with one attached hydrogen (secondary N) is 1. The van der Waals surface area contributed by atoms with Gasteiger partial charge >= 0.3 is 0 Å². The van der Waals surface area contributed by atoms with Gasteiger partial charge in [-0.15, -0.1) is 12.4 Å². The number of likely N-dealkylation sites (tertiary alicyclic amines) is 1. The highest BCUT2D eigenvalue weighted by atomic mass is 35.5. The van der Waals surface area contributed by atoms with Crippen LogP contribution >= 0.6 is 12.4 Å². The first-order valence-electron chi connectivity index (χ1n) is 8.25. The largest absolute Gasteiger partial charge is 0.494 e. The van der Waals surface area contributed by atoms with Crippen molar-refractivity contribution in [1.29, 1.82) is 0 Å². The first-order valence-corrected chi connectivity index (χ1v) is 8.25. The molecule has 0 saturated carbocycles. The number of nitrogens with zero attached hydrogens (tertiary/aromatic N) is 1. The van der Waals surface area contributed by atoms with Crippen LogP contribution in [0.1, 0.15) is 36.8 Å². The van der Waals surface area contributed by atoms with Crippen molar-refractivity contribution in [3.8, 4) is 5.75 Å². The second-order valence-electron chi connectivity index (χ2n) is 6.17. The van der Waals surface area contributed by atoms with Crippen LogP contribution in [0.2, 0.25) is 0 Å². The number of aryl methyl sites for hydroxylation is 2. The number of ether oxygens (including phenoxy) is 1. The van der Waals surface area contributed by atoms with Crippen molar-refractivity contribution >= 4 is 18.3 Å². The molecule has 1 atom stereocenters. The second kappa shape index (κ2) is 9.78. The average molecular weight is 341 g/mol. The van der Waals surface area contributed by atoms with Crippen LogP contribution in [0, 0.1) is 13.8 Å². The Bertz CT molecular complexity index is 508. The normalized spacial score (nSPS) is 17.5. The molecule has 0 radical (unpaired) electrons. The third kappa shape index (κ3) is 6.04. The molecule has 1 amide bonds. The van der Waals surface area contributed by atoms with Crippen molar-refractivity contribution in [3.63, 3.8) is 0 Å². The number of benzene rings is 1. The minimum Gasteiger partial charge on any atom is -0.494 e. The minimum absolute atomic E-state index is 0. The van der Waals surface area contributed by atoms with Crippen LogP contribution in [0.15, 0.2) is 18.2 Å². The van der Waals surface area contributed by atoms with E-state index in [-0.39, 0.29) is 18.3 Å². The molecule has 1 aromatic carbocycles. The lowest BCUT2D eigenvalue weighted by Crippen LogP contribution is -2.46. The molecular formula is C18H29ClN2O2. The maximum absolute atomic E-state index is 12.2. The predicted molar refractivity (Wildman–Crippen MR) is 96.6 cm³/mol. The van der Waals surface area contributed by atoms with Crippen LogP contribution in [0.5, 0.6) is 5.75 Å². The Kier molecular flexibility index (Phi) is 8.42. The quantitative estimate of drug-likeness (QED) is 0.809. The van der Waals surface area contributed by atoms with Crippen LogP contribution in [-0.2, 0) is 4.79 Å². The van der Waals surface area contributed by atoms with Gasteiger partial charge in [0.15, 0.2) is 0 Å². The van der Waals surface area contributed by atoms with E-state index in [9.17, 15) is 4.79 Å². The molecule has 1 saturated heterocycles. The van der Waals surface area contributed by atoms with Crippen LogP contribution in [0.3, 0.4) is 0 Å². The van der Waals surface area contributed by atoms with Gasteiger partial charge in [-0.25, -0.2) is 0 Å². The summed E-state index contributed by atoms with van der Waals surface area (Å²) in [6.07, 6.45) is 3.60. The molecule has 4 nitrogen and oxygen atoms in total. The van der Waals surface area contributed by atoms with Crippen molar-refractivity contribution in [2.75, 3.05) is 26.7 Å². The number of hydrogen-bond acceptors (Lipinski definition) is 3. The molecule has 23 heavy (non-hydrogen) atoms. The maximum atomic E-state index is 12.2. The van der Waals surface area contributed by atoms with Gasteiger partial charge in [0.25, 0.3) is 0 Å². The van der Waals surface area contributed by atoms with E-state index < -0.39 is 0 Å². The summed E-state index contributed by atoms with van der Waals surface area (Å²) < 4.78 is 5.74. The Morgan fingerprint density at radius 1 is 1.35 bits per heavy atom. The number of hydrogen-bond donors (Lipinski definition) is 1. The molecule has 5 heteroatoms. The number of carbonyl (C=O) groups is 1.